The summed E-state index contributed by atoms with van der Waals surface area (Å²) in [7, 11) is -4.29. The molecule has 0 saturated heterocycles. The van der Waals surface area contributed by atoms with Crippen LogP contribution in [-0.2, 0) is 14.8 Å². The van der Waals surface area contributed by atoms with Crippen LogP contribution in [0.4, 0.5) is 28.9 Å². The van der Waals surface area contributed by atoms with Crippen molar-refractivity contribution in [2.24, 2.45) is 0 Å². The zero-order chi connectivity index (χ0) is 22.2. The first-order valence-corrected chi connectivity index (χ1v) is 9.71. The number of halogens is 5. The number of carbonyl (C=O) groups excluding carboxylic acids is 1. The predicted molar refractivity (Wildman–Crippen MR) is 98.7 cm³/mol. The highest BCUT2D eigenvalue weighted by Crippen LogP contribution is 2.32. The Balaban J connectivity index is 2.30. The molecule has 2 aromatic rings. The minimum absolute atomic E-state index is 0.0770. The minimum Gasteiger partial charge on any atom is -0.373 e. The van der Waals surface area contributed by atoms with E-state index in [1.54, 1.807) is 24.4 Å². The summed E-state index contributed by atoms with van der Waals surface area (Å²) in [5, 5.41) is 11.0. The Morgan fingerprint density at radius 3 is 2.31 bits per heavy atom. The topological polar surface area (TPSA) is 95.5 Å². The fraction of sp³-hybridized carbons (Fsp3) is 0.235. The Morgan fingerprint density at radius 1 is 1.17 bits per heavy atom. The molecule has 0 aliphatic carbocycles. The van der Waals surface area contributed by atoms with Crippen molar-refractivity contribution in [3.63, 3.8) is 0 Å². The van der Waals surface area contributed by atoms with Crippen LogP contribution in [0.1, 0.15) is 12.5 Å². The number of anilines is 2. The first-order valence-electron chi connectivity index (χ1n) is 7.85. The van der Waals surface area contributed by atoms with Gasteiger partial charge >= 0.3 is 6.18 Å². The second kappa shape index (κ2) is 7.81. The monoisotopic (exact) mass is 454 g/mol. The number of aryl methyl sites for hydroxylation is 1. The third-order valence-corrected chi connectivity index (χ3v) is 5.61. The second-order valence-electron chi connectivity index (χ2n) is 6.20. The molecule has 1 atom stereocenters. The highest BCUT2D eigenvalue weighted by Gasteiger charge is 2.55. The van der Waals surface area contributed by atoms with Crippen LogP contribution in [0.3, 0.4) is 0 Å². The van der Waals surface area contributed by atoms with Gasteiger partial charge in [0.1, 0.15) is 5.82 Å². The molecule has 29 heavy (non-hydrogen) atoms. The molecule has 1 amide bonds. The first kappa shape index (κ1) is 22.9. The zero-order valence-electron chi connectivity index (χ0n) is 14.9. The summed E-state index contributed by atoms with van der Waals surface area (Å²) < 4.78 is 79.4. The summed E-state index contributed by atoms with van der Waals surface area (Å²) in [6.07, 6.45) is -5.30. The molecule has 158 valence electrons. The summed E-state index contributed by atoms with van der Waals surface area (Å²) in [4.78, 5) is 11.1. The molecule has 1 unspecified atom stereocenters. The molecule has 0 saturated carbocycles. The minimum atomic E-state index is -5.30. The Kier molecular flexibility index (Phi) is 6.17. The van der Waals surface area contributed by atoms with E-state index in [9.17, 15) is 35.9 Å². The highest BCUT2D eigenvalue weighted by atomic mass is 35.5. The average Bonchev–Trinajstić information content (AvgIpc) is 2.58. The Bertz CT molecular complexity index is 1040. The fourth-order valence-corrected chi connectivity index (χ4v) is 3.58. The summed E-state index contributed by atoms with van der Waals surface area (Å²) in [6, 6.07) is 6.77. The van der Waals surface area contributed by atoms with Crippen molar-refractivity contribution in [3.8, 4) is 0 Å². The number of benzene rings is 2. The summed E-state index contributed by atoms with van der Waals surface area (Å²) in [5.74, 6) is -3.25. The second-order valence-corrected chi connectivity index (χ2v) is 8.29. The van der Waals surface area contributed by atoms with E-state index in [1.807, 2.05) is 0 Å². The Labute approximate surface area is 168 Å². The molecular formula is C17H15ClF4N2O4S. The lowest BCUT2D eigenvalue weighted by Gasteiger charge is -2.25. The number of amides is 1. The molecular weight excluding hydrogens is 440 g/mol. The van der Waals surface area contributed by atoms with Gasteiger partial charge in [-0.1, -0.05) is 23.7 Å². The molecule has 0 aliphatic rings. The molecule has 0 aromatic heterocycles. The van der Waals surface area contributed by atoms with Gasteiger partial charge in [0.15, 0.2) is 0 Å². The molecule has 0 spiro atoms. The summed E-state index contributed by atoms with van der Waals surface area (Å²) >= 11 is 5.95. The van der Waals surface area contributed by atoms with Crippen molar-refractivity contribution in [2.45, 2.75) is 30.5 Å². The highest BCUT2D eigenvalue weighted by molar-refractivity contribution is 7.92. The van der Waals surface area contributed by atoms with E-state index in [0.29, 0.717) is 11.6 Å². The number of alkyl halides is 3. The molecule has 0 radical (unpaired) electrons. The predicted octanol–water partition coefficient (Wildman–Crippen LogP) is 3.84. The fourth-order valence-electron chi connectivity index (χ4n) is 2.09. The van der Waals surface area contributed by atoms with Gasteiger partial charge in [0.2, 0.25) is 5.60 Å². The normalized spacial score (nSPS) is 14.2. The third-order valence-electron chi connectivity index (χ3n) is 3.95. The van der Waals surface area contributed by atoms with Gasteiger partial charge < -0.3 is 10.4 Å². The van der Waals surface area contributed by atoms with Crippen LogP contribution < -0.4 is 10.0 Å². The number of aliphatic hydroxyl groups is 1. The first-order chi connectivity index (χ1) is 13.2. The van der Waals surface area contributed by atoms with E-state index >= 15 is 0 Å². The van der Waals surface area contributed by atoms with Crippen LogP contribution in [0, 0.1) is 12.7 Å². The molecule has 0 aliphatic heterocycles. The molecule has 0 bridgehead atoms. The maximum absolute atomic E-state index is 14.2. The lowest BCUT2D eigenvalue weighted by atomic mass is 10.1. The lowest BCUT2D eigenvalue weighted by Crippen LogP contribution is -2.52. The zero-order valence-corrected chi connectivity index (χ0v) is 16.5. The SMILES string of the molecule is Cc1cccc(Cl)c1NS(=O)(=O)c1ccc(NC(=O)C(C)(O)C(F)(F)F)c(F)c1. The van der Waals surface area contributed by atoms with Crippen LogP contribution in [0.25, 0.3) is 0 Å². The van der Waals surface area contributed by atoms with E-state index in [2.05, 4.69) is 4.72 Å². The quantitative estimate of drug-likeness (QED) is 0.598. The number of hydrogen-bond donors (Lipinski definition) is 3. The van der Waals surface area contributed by atoms with Gasteiger partial charge in [-0.2, -0.15) is 13.2 Å². The number of rotatable bonds is 5. The molecule has 12 heteroatoms. The van der Waals surface area contributed by atoms with Crippen molar-refractivity contribution in [1.29, 1.82) is 0 Å². The van der Waals surface area contributed by atoms with Crippen molar-refractivity contribution < 1.29 is 35.9 Å². The molecule has 0 heterocycles. The van der Waals surface area contributed by atoms with Crippen molar-refractivity contribution >= 4 is 38.9 Å². The molecule has 3 N–H and O–H groups in total. The standard InChI is InChI=1S/C17H15ClF4N2O4S/c1-9-4-3-5-11(18)14(9)24-29(27,28)10-6-7-13(12(19)8-10)23-15(25)16(2,26)17(20,21)22/h3-8,24,26H,1-2H3,(H,23,25). The van der Waals surface area contributed by atoms with Crippen LogP contribution in [0.2, 0.25) is 5.02 Å². The van der Waals surface area contributed by atoms with Gasteiger partial charge in [-0.25, -0.2) is 12.8 Å². The summed E-state index contributed by atoms with van der Waals surface area (Å²) in [5.41, 5.74) is -3.94. The van der Waals surface area contributed by atoms with E-state index in [1.165, 1.54) is 6.07 Å². The van der Waals surface area contributed by atoms with Gasteiger partial charge in [0.25, 0.3) is 15.9 Å². The van der Waals surface area contributed by atoms with Gasteiger partial charge in [0.05, 0.1) is 21.3 Å². The van der Waals surface area contributed by atoms with Crippen LogP contribution in [0.5, 0.6) is 0 Å². The van der Waals surface area contributed by atoms with E-state index in [-0.39, 0.29) is 17.6 Å². The van der Waals surface area contributed by atoms with Gasteiger partial charge in [-0.05, 0) is 43.7 Å². The third kappa shape index (κ3) is 4.80. The number of carbonyl (C=O) groups is 1. The Morgan fingerprint density at radius 2 is 1.79 bits per heavy atom. The van der Waals surface area contributed by atoms with Crippen molar-refractivity contribution in [1.82, 2.24) is 0 Å². The molecule has 6 nitrogen and oxygen atoms in total. The van der Waals surface area contributed by atoms with Gasteiger partial charge in [-0.15, -0.1) is 0 Å². The number of hydrogen-bond acceptors (Lipinski definition) is 4. The van der Waals surface area contributed by atoms with E-state index in [0.717, 1.165) is 12.1 Å². The number of para-hydroxylation sites is 1. The van der Waals surface area contributed by atoms with Crippen molar-refractivity contribution in [3.05, 3.63) is 52.8 Å². The van der Waals surface area contributed by atoms with Crippen molar-refractivity contribution in [2.75, 3.05) is 10.0 Å². The molecule has 2 rings (SSSR count). The van der Waals surface area contributed by atoms with Crippen LogP contribution in [-0.4, -0.2) is 31.2 Å². The van der Waals surface area contributed by atoms with Crippen LogP contribution in [0.15, 0.2) is 41.3 Å². The van der Waals surface area contributed by atoms with Gasteiger partial charge in [-0.3, -0.25) is 9.52 Å². The molecule has 2 aromatic carbocycles. The van der Waals surface area contributed by atoms with Gasteiger partial charge in [0, 0.05) is 0 Å². The number of sulfonamides is 1. The smallest absolute Gasteiger partial charge is 0.373 e. The maximum Gasteiger partial charge on any atom is 0.426 e. The van der Waals surface area contributed by atoms with Crippen LogP contribution >= 0.6 is 11.6 Å². The molecule has 0 fully saturated rings. The largest absolute Gasteiger partial charge is 0.426 e. The Hall–Kier alpha value is -2.37. The average molecular weight is 455 g/mol. The maximum atomic E-state index is 14.2. The summed E-state index contributed by atoms with van der Waals surface area (Å²) in [6.45, 7) is 1.80. The number of nitrogens with one attached hydrogen (secondary N) is 2. The lowest BCUT2D eigenvalue weighted by molar-refractivity contribution is -0.242. The van der Waals surface area contributed by atoms with E-state index < -0.39 is 44.1 Å². The van der Waals surface area contributed by atoms with E-state index in [4.69, 9.17) is 11.6 Å².